The fourth-order valence-electron chi connectivity index (χ4n) is 2.35. The Morgan fingerprint density at radius 1 is 1.12 bits per heavy atom. The van der Waals surface area contributed by atoms with Crippen LogP contribution in [0.25, 0.3) is 10.8 Å². The number of hydrogen-bond acceptors (Lipinski definition) is 3. The molecule has 1 amide bonds. The van der Waals surface area contributed by atoms with Crippen molar-refractivity contribution in [3.8, 4) is 5.75 Å². The molecule has 3 aromatic rings. The summed E-state index contributed by atoms with van der Waals surface area (Å²) in [5.41, 5.74) is 0.352. The van der Waals surface area contributed by atoms with Crippen LogP contribution in [0.4, 0.5) is 10.1 Å². The molecule has 6 heteroatoms. The number of carbonyl (C=O) groups excluding carboxylic acids is 1. The molecular weight excluding hydrogens is 311 g/mol. The number of aryl methyl sites for hydroxylation is 1. The van der Waals surface area contributed by atoms with Crippen molar-refractivity contribution < 1.29 is 13.9 Å². The van der Waals surface area contributed by atoms with Gasteiger partial charge >= 0.3 is 0 Å². The highest BCUT2D eigenvalue weighted by molar-refractivity contribution is 5.92. The Bertz CT molecular complexity index is 949. The number of fused-ring (bicyclic) bond motifs is 1. The van der Waals surface area contributed by atoms with Gasteiger partial charge in [0, 0.05) is 24.3 Å². The molecule has 2 aromatic carbocycles. The van der Waals surface area contributed by atoms with E-state index in [0.29, 0.717) is 22.2 Å². The van der Waals surface area contributed by atoms with Crippen molar-refractivity contribution in [2.24, 2.45) is 7.05 Å². The van der Waals surface area contributed by atoms with Crippen molar-refractivity contribution in [2.75, 3.05) is 11.9 Å². The van der Waals surface area contributed by atoms with Crippen LogP contribution in [0.1, 0.15) is 0 Å². The monoisotopic (exact) mass is 326 g/mol. The quantitative estimate of drug-likeness (QED) is 0.802. The zero-order valence-electron chi connectivity index (χ0n) is 13.0. The van der Waals surface area contributed by atoms with Crippen molar-refractivity contribution >= 4 is 22.4 Å². The average Bonchev–Trinajstić information content (AvgIpc) is 2.58. The molecule has 0 bridgehead atoms. The Hall–Kier alpha value is -3.15. The molecule has 0 unspecified atom stereocenters. The Morgan fingerprint density at radius 2 is 1.88 bits per heavy atom. The van der Waals surface area contributed by atoms with Gasteiger partial charge in [0.2, 0.25) is 0 Å². The summed E-state index contributed by atoms with van der Waals surface area (Å²) in [7, 11) is 1.67. The van der Waals surface area contributed by atoms with E-state index in [2.05, 4.69) is 5.32 Å². The maximum Gasteiger partial charge on any atom is 0.262 e. The first-order valence-corrected chi connectivity index (χ1v) is 7.31. The van der Waals surface area contributed by atoms with Gasteiger partial charge in [-0.05, 0) is 42.5 Å². The number of ether oxygens (including phenoxy) is 1. The molecule has 122 valence electrons. The molecule has 0 aliphatic rings. The van der Waals surface area contributed by atoms with Crippen LogP contribution in [-0.4, -0.2) is 17.1 Å². The number of anilines is 1. The fourth-order valence-corrected chi connectivity index (χ4v) is 2.35. The summed E-state index contributed by atoms with van der Waals surface area (Å²) in [6, 6.07) is 12.3. The largest absolute Gasteiger partial charge is 0.483 e. The van der Waals surface area contributed by atoms with Crippen molar-refractivity contribution in [2.45, 2.75) is 0 Å². The summed E-state index contributed by atoms with van der Waals surface area (Å²) in [6.45, 7) is -0.217. The first-order valence-electron chi connectivity index (χ1n) is 7.31. The van der Waals surface area contributed by atoms with Crippen LogP contribution in [0.3, 0.4) is 0 Å². The van der Waals surface area contributed by atoms with E-state index in [4.69, 9.17) is 4.74 Å². The second-order valence-electron chi connectivity index (χ2n) is 5.29. The minimum atomic E-state index is -0.374. The second-order valence-corrected chi connectivity index (χ2v) is 5.29. The van der Waals surface area contributed by atoms with E-state index in [0.717, 1.165) is 0 Å². The number of nitrogens with zero attached hydrogens (tertiary/aromatic N) is 1. The first kappa shape index (κ1) is 15.7. The molecule has 0 fully saturated rings. The van der Waals surface area contributed by atoms with Gasteiger partial charge in [-0.2, -0.15) is 0 Å². The molecule has 0 atom stereocenters. The molecule has 1 aromatic heterocycles. The molecule has 0 aliphatic carbocycles. The standard InChI is InChI=1S/C18H15FN2O3/c1-21-10-9-14-15(18(21)23)3-2-4-16(14)24-11-17(22)20-13-7-5-12(19)6-8-13/h2-10H,11H2,1H3,(H,20,22). The summed E-state index contributed by atoms with van der Waals surface area (Å²) >= 11 is 0. The van der Waals surface area contributed by atoms with Gasteiger partial charge in [-0.1, -0.05) is 6.07 Å². The SMILES string of the molecule is Cn1ccc2c(OCC(=O)Nc3ccc(F)cc3)cccc2c1=O. The maximum absolute atomic E-state index is 12.8. The highest BCUT2D eigenvalue weighted by atomic mass is 19.1. The molecule has 3 rings (SSSR count). The average molecular weight is 326 g/mol. The Balaban J connectivity index is 1.74. The normalized spacial score (nSPS) is 10.6. The van der Waals surface area contributed by atoms with Gasteiger partial charge in [-0.3, -0.25) is 9.59 Å². The third-order valence-electron chi connectivity index (χ3n) is 3.57. The number of rotatable bonds is 4. The lowest BCUT2D eigenvalue weighted by Crippen LogP contribution is -2.20. The van der Waals surface area contributed by atoms with Crippen LogP contribution in [0.2, 0.25) is 0 Å². The number of pyridine rings is 1. The van der Waals surface area contributed by atoms with E-state index in [1.807, 2.05) is 0 Å². The van der Waals surface area contributed by atoms with Crippen LogP contribution in [-0.2, 0) is 11.8 Å². The van der Waals surface area contributed by atoms with Crippen LogP contribution in [0.15, 0.2) is 59.5 Å². The van der Waals surface area contributed by atoms with E-state index in [1.165, 1.54) is 28.8 Å². The molecule has 1 heterocycles. The summed E-state index contributed by atoms with van der Waals surface area (Å²) in [4.78, 5) is 24.0. The number of nitrogens with one attached hydrogen (secondary N) is 1. The molecule has 0 saturated carbocycles. The minimum Gasteiger partial charge on any atom is -0.483 e. The number of aromatic nitrogens is 1. The van der Waals surface area contributed by atoms with Gasteiger partial charge in [0.15, 0.2) is 6.61 Å². The van der Waals surface area contributed by atoms with E-state index in [9.17, 15) is 14.0 Å². The lowest BCUT2D eigenvalue weighted by molar-refractivity contribution is -0.118. The second kappa shape index (κ2) is 6.54. The topological polar surface area (TPSA) is 60.3 Å². The van der Waals surface area contributed by atoms with Gasteiger partial charge in [0.25, 0.3) is 11.5 Å². The summed E-state index contributed by atoms with van der Waals surface area (Å²) < 4.78 is 19.9. The molecule has 0 radical (unpaired) electrons. The van der Waals surface area contributed by atoms with Crippen LogP contribution in [0.5, 0.6) is 5.75 Å². The number of amides is 1. The molecule has 0 aliphatic heterocycles. The van der Waals surface area contributed by atoms with Gasteiger partial charge in [-0.25, -0.2) is 4.39 Å². The Kier molecular flexibility index (Phi) is 4.29. The number of halogens is 1. The van der Waals surface area contributed by atoms with E-state index >= 15 is 0 Å². The minimum absolute atomic E-state index is 0.131. The lowest BCUT2D eigenvalue weighted by Gasteiger charge is -2.10. The smallest absolute Gasteiger partial charge is 0.262 e. The predicted molar refractivity (Wildman–Crippen MR) is 89.7 cm³/mol. The van der Waals surface area contributed by atoms with Crippen molar-refractivity contribution in [1.29, 1.82) is 0 Å². The molecular formula is C18H15FN2O3. The van der Waals surface area contributed by atoms with Gasteiger partial charge in [-0.15, -0.1) is 0 Å². The van der Waals surface area contributed by atoms with Crippen LogP contribution < -0.4 is 15.6 Å². The molecule has 5 nitrogen and oxygen atoms in total. The molecule has 24 heavy (non-hydrogen) atoms. The maximum atomic E-state index is 12.8. The number of hydrogen-bond donors (Lipinski definition) is 1. The lowest BCUT2D eigenvalue weighted by atomic mass is 10.1. The van der Waals surface area contributed by atoms with Crippen LogP contribution >= 0.6 is 0 Å². The van der Waals surface area contributed by atoms with Crippen molar-refractivity contribution in [3.63, 3.8) is 0 Å². The van der Waals surface area contributed by atoms with Gasteiger partial charge in [0.05, 0.1) is 5.39 Å². The summed E-state index contributed by atoms with van der Waals surface area (Å²) in [5, 5.41) is 3.78. The summed E-state index contributed by atoms with van der Waals surface area (Å²) in [6.07, 6.45) is 1.65. The fraction of sp³-hybridized carbons (Fsp3) is 0.111. The number of benzene rings is 2. The van der Waals surface area contributed by atoms with E-state index in [1.54, 1.807) is 37.5 Å². The molecule has 1 N–H and O–H groups in total. The van der Waals surface area contributed by atoms with E-state index < -0.39 is 0 Å². The summed E-state index contributed by atoms with van der Waals surface area (Å²) in [5.74, 6) is -0.288. The third kappa shape index (κ3) is 3.27. The van der Waals surface area contributed by atoms with Crippen LogP contribution in [0, 0.1) is 5.82 Å². The third-order valence-corrected chi connectivity index (χ3v) is 3.57. The zero-order chi connectivity index (χ0) is 17.1. The van der Waals surface area contributed by atoms with Crippen molar-refractivity contribution in [1.82, 2.24) is 4.57 Å². The molecule has 0 spiro atoms. The van der Waals surface area contributed by atoms with Gasteiger partial charge in [0.1, 0.15) is 11.6 Å². The highest BCUT2D eigenvalue weighted by Gasteiger charge is 2.08. The van der Waals surface area contributed by atoms with Crippen molar-refractivity contribution in [3.05, 3.63) is 70.9 Å². The highest BCUT2D eigenvalue weighted by Crippen LogP contribution is 2.23. The van der Waals surface area contributed by atoms with E-state index in [-0.39, 0.29) is 23.9 Å². The predicted octanol–water partition coefficient (Wildman–Crippen LogP) is 2.70. The Morgan fingerprint density at radius 3 is 2.62 bits per heavy atom. The van der Waals surface area contributed by atoms with Gasteiger partial charge < -0.3 is 14.6 Å². The Labute approximate surface area is 137 Å². The molecule has 0 saturated heterocycles. The first-order chi connectivity index (χ1) is 11.5. The zero-order valence-corrected chi connectivity index (χ0v) is 13.0. The number of carbonyl (C=O) groups is 1.